The maximum atomic E-state index is 14.0. The van der Waals surface area contributed by atoms with Crippen molar-refractivity contribution in [2.45, 2.75) is 52.6 Å². The van der Waals surface area contributed by atoms with Gasteiger partial charge in [0.15, 0.2) is 23.3 Å². The molecule has 0 heterocycles. The molecule has 0 spiro atoms. The van der Waals surface area contributed by atoms with Gasteiger partial charge in [0.05, 0.1) is 0 Å². The van der Waals surface area contributed by atoms with Gasteiger partial charge >= 0.3 is 0 Å². The molecule has 0 saturated heterocycles. The van der Waals surface area contributed by atoms with E-state index in [1.54, 1.807) is 0 Å². The van der Waals surface area contributed by atoms with Crippen LogP contribution in [-0.2, 0) is 4.43 Å². The Hall–Kier alpha value is -0.953. The maximum Gasteiger partial charge on any atom is 0.224 e. The lowest BCUT2D eigenvalue weighted by molar-refractivity contribution is 0.225. The van der Waals surface area contributed by atoms with Gasteiger partial charge < -0.3 is 4.43 Å². The molecule has 1 nitrogen and oxygen atoms in total. The van der Waals surface area contributed by atoms with Crippen molar-refractivity contribution < 1.29 is 26.4 Å². The molecule has 0 aliphatic carbocycles. The van der Waals surface area contributed by atoms with Gasteiger partial charge in [-0.25, -0.2) is 22.0 Å². The van der Waals surface area contributed by atoms with E-state index in [1.807, 2.05) is 13.8 Å². The Kier molecular flexibility index (Phi) is 7.19. The molecule has 1 rings (SSSR count). The van der Waals surface area contributed by atoms with Crippen molar-refractivity contribution in [3.63, 3.8) is 0 Å². The molecule has 0 N–H and O–H groups in total. The fourth-order valence-corrected chi connectivity index (χ4v) is 4.73. The highest BCUT2D eigenvalue weighted by Gasteiger charge is 2.38. The van der Waals surface area contributed by atoms with Crippen molar-refractivity contribution in [2.24, 2.45) is 5.92 Å². The molecule has 0 aromatic heterocycles. The van der Waals surface area contributed by atoms with Crippen LogP contribution in [0.25, 0.3) is 0 Å². The summed E-state index contributed by atoms with van der Waals surface area (Å²) in [5.74, 6) is -9.30. The van der Waals surface area contributed by atoms with Gasteiger partial charge in [-0.2, -0.15) is 0 Å². The molecule has 0 aliphatic heterocycles. The molecule has 7 heteroatoms. The molecule has 23 heavy (non-hydrogen) atoms. The molecule has 0 saturated carbocycles. The third-order valence-electron chi connectivity index (χ3n) is 3.89. The van der Waals surface area contributed by atoms with Crippen molar-refractivity contribution >= 4 is 13.5 Å². The number of halogens is 5. The minimum absolute atomic E-state index is 0.220. The second-order valence-electron chi connectivity index (χ2n) is 6.21. The summed E-state index contributed by atoms with van der Waals surface area (Å²) in [6.45, 7) is 7.20. The number of benzene rings is 1. The Balaban J connectivity index is 3.09. The van der Waals surface area contributed by atoms with Crippen molar-refractivity contribution in [1.82, 2.24) is 0 Å². The van der Waals surface area contributed by atoms with Crippen molar-refractivity contribution in [3.05, 3.63) is 29.1 Å². The van der Waals surface area contributed by atoms with Crippen LogP contribution in [0.2, 0.25) is 13.1 Å². The second kappa shape index (κ2) is 8.24. The molecule has 0 bridgehead atoms. The monoisotopic (exact) mass is 354 g/mol. The fourth-order valence-electron chi connectivity index (χ4n) is 2.66. The summed E-state index contributed by atoms with van der Waals surface area (Å²) in [5.41, 5.74) is 0. The summed E-state index contributed by atoms with van der Waals surface area (Å²) in [4.78, 5) is 0. The Morgan fingerprint density at radius 3 is 1.57 bits per heavy atom. The normalized spacial score (nSPS) is 12.3. The molecular formula is C16H23F5OSi. The quantitative estimate of drug-likeness (QED) is 0.275. The zero-order valence-electron chi connectivity index (χ0n) is 13.9. The molecule has 0 radical (unpaired) electrons. The first-order valence-corrected chi connectivity index (χ1v) is 10.7. The number of hydrogen-bond donors (Lipinski definition) is 0. The fraction of sp³-hybridized carbons (Fsp3) is 0.625. The van der Waals surface area contributed by atoms with Gasteiger partial charge in [0.25, 0.3) is 0 Å². The van der Waals surface area contributed by atoms with Crippen LogP contribution in [0, 0.1) is 35.0 Å². The first-order chi connectivity index (χ1) is 10.7. The van der Waals surface area contributed by atoms with Gasteiger partial charge in [-0.1, -0.05) is 26.7 Å². The molecule has 0 fully saturated rings. The van der Waals surface area contributed by atoms with E-state index in [0.29, 0.717) is 0 Å². The van der Waals surface area contributed by atoms with E-state index in [9.17, 15) is 22.0 Å². The van der Waals surface area contributed by atoms with E-state index in [2.05, 4.69) is 0 Å². The Morgan fingerprint density at radius 1 is 0.783 bits per heavy atom. The molecule has 1 aromatic carbocycles. The van der Waals surface area contributed by atoms with Crippen molar-refractivity contribution in [2.75, 3.05) is 6.61 Å². The van der Waals surface area contributed by atoms with E-state index in [0.717, 1.165) is 25.7 Å². The first kappa shape index (κ1) is 20.1. The van der Waals surface area contributed by atoms with Crippen LogP contribution in [0.1, 0.15) is 39.5 Å². The summed E-state index contributed by atoms with van der Waals surface area (Å²) in [6, 6.07) is 0. The van der Waals surface area contributed by atoms with Crippen LogP contribution in [-0.4, -0.2) is 14.9 Å². The molecule has 0 aliphatic rings. The highest BCUT2D eigenvalue weighted by Crippen LogP contribution is 2.22. The van der Waals surface area contributed by atoms with Crippen LogP contribution >= 0.6 is 0 Å². The standard InChI is InChI=1S/C16H23F5OSi/c1-5-7-10(8-6-2)9-22-23(3,4)16-14(20)12(18)11(17)13(19)15(16)21/h10H,5-9H2,1-4H3. The van der Waals surface area contributed by atoms with E-state index < -0.39 is 42.6 Å². The molecule has 0 unspecified atom stereocenters. The smallest absolute Gasteiger partial charge is 0.224 e. The lowest BCUT2D eigenvalue weighted by atomic mass is 10.00. The summed E-state index contributed by atoms with van der Waals surface area (Å²) in [6.07, 6.45) is 3.68. The average molecular weight is 354 g/mol. The Labute approximate surface area is 135 Å². The van der Waals surface area contributed by atoms with Crippen molar-refractivity contribution in [3.8, 4) is 0 Å². The number of hydrogen-bond acceptors (Lipinski definition) is 1. The molecular weight excluding hydrogens is 331 g/mol. The SMILES string of the molecule is CCCC(CCC)CO[Si](C)(C)c1c(F)c(F)c(F)c(F)c1F. The van der Waals surface area contributed by atoms with Gasteiger partial charge in [-0.15, -0.1) is 0 Å². The lowest BCUT2D eigenvalue weighted by Gasteiger charge is -2.27. The largest absolute Gasteiger partial charge is 0.412 e. The minimum atomic E-state index is -3.27. The minimum Gasteiger partial charge on any atom is -0.412 e. The van der Waals surface area contributed by atoms with Crippen molar-refractivity contribution in [1.29, 1.82) is 0 Å². The first-order valence-electron chi connectivity index (χ1n) is 7.83. The summed E-state index contributed by atoms with van der Waals surface area (Å²) in [5, 5.41) is -0.791. The zero-order chi connectivity index (χ0) is 17.8. The number of rotatable bonds is 8. The van der Waals surface area contributed by atoms with Crippen LogP contribution in [0.4, 0.5) is 22.0 Å². The highest BCUT2D eigenvalue weighted by molar-refractivity contribution is 6.84. The lowest BCUT2D eigenvalue weighted by Crippen LogP contribution is -2.50. The van der Waals surface area contributed by atoms with Crippen LogP contribution < -0.4 is 5.19 Å². The topological polar surface area (TPSA) is 9.23 Å². The zero-order valence-corrected chi connectivity index (χ0v) is 14.9. The maximum absolute atomic E-state index is 14.0. The van der Waals surface area contributed by atoms with Gasteiger partial charge in [0.2, 0.25) is 14.1 Å². The van der Waals surface area contributed by atoms with E-state index in [4.69, 9.17) is 4.43 Å². The van der Waals surface area contributed by atoms with Gasteiger partial charge in [0, 0.05) is 11.8 Å². The van der Waals surface area contributed by atoms with Gasteiger partial charge in [-0.3, -0.25) is 0 Å². The van der Waals surface area contributed by atoms with Crippen LogP contribution in [0.5, 0.6) is 0 Å². The second-order valence-corrected chi connectivity index (χ2v) is 10.0. The molecule has 132 valence electrons. The van der Waals surface area contributed by atoms with Gasteiger partial charge in [0.1, 0.15) is 0 Å². The summed E-state index contributed by atoms with van der Waals surface area (Å²) in [7, 11) is -3.27. The van der Waals surface area contributed by atoms with E-state index in [-0.39, 0.29) is 12.5 Å². The van der Waals surface area contributed by atoms with E-state index >= 15 is 0 Å². The molecule has 0 atom stereocenters. The van der Waals surface area contributed by atoms with Gasteiger partial charge in [-0.05, 0) is 31.9 Å². The molecule has 0 amide bonds. The molecule has 1 aromatic rings. The predicted octanol–water partition coefficient (Wildman–Crippen LogP) is 5.03. The predicted molar refractivity (Wildman–Crippen MR) is 82.6 cm³/mol. The third-order valence-corrected chi connectivity index (χ3v) is 6.42. The Morgan fingerprint density at radius 2 is 1.17 bits per heavy atom. The Bertz CT molecular complexity index is 513. The highest BCUT2D eigenvalue weighted by atomic mass is 28.4. The summed E-state index contributed by atoms with van der Waals surface area (Å²) >= 11 is 0. The summed E-state index contributed by atoms with van der Waals surface area (Å²) < 4.78 is 73.5. The third kappa shape index (κ3) is 4.53. The van der Waals surface area contributed by atoms with Crippen LogP contribution in [0.15, 0.2) is 0 Å². The van der Waals surface area contributed by atoms with Crippen LogP contribution in [0.3, 0.4) is 0 Å². The van der Waals surface area contributed by atoms with E-state index in [1.165, 1.54) is 13.1 Å². The average Bonchev–Trinajstić information content (AvgIpc) is 2.49.